The van der Waals surface area contributed by atoms with Gasteiger partial charge in [0.05, 0.1) is 40.1 Å². The van der Waals surface area contributed by atoms with Crippen LogP contribution in [-0.2, 0) is 4.74 Å². The Balaban J connectivity index is 2.17. The van der Waals surface area contributed by atoms with Crippen LogP contribution in [0.2, 0.25) is 5.02 Å². The highest BCUT2D eigenvalue weighted by Crippen LogP contribution is 2.33. The van der Waals surface area contributed by atoms with Gasteiger partial charge in [0.25, 0.3) is 5.69 Å². The van der Waals surface area contributed by atoms with Crippen LogP contribution in [0, 0.1) is 27.3 Å². The molecule has 0 fully saturated rings. The fraction of sp³-hybridized carbons (Fsp3) is 0.0526. The fourth-order valence-electron chi connectivity index (χ4n) is 2.67. The molecule has 0 aliphatic heterocycles. The van der Waals surface area contributed by atoms with Gasteiger partial charge in [0, 0.05) is 24.4 Å². The number of nitrogens with two attached hydrogens (primary N) is 1. The number of ether oxygens (including phenoxy) is 2. The number of esters is 1. The Labute approximate surface area is 173 Å². The second-order valence-corrected chi connectivity index (χ2v) is 6.31. The average Bonchev–Trinajstić information content (AvgIpc) is 3.06. The third kappa shape index (κ3) is 3.87. The number of non-ortho nitro benzene ring substituents is 1. The van der Waals surface area contributed by atoms with Crippen molar-refractivity contribution in [1.82, 2.24) is 4.57 Å². The molecule has 2 N–H and O–H groups in total. The minimum Gasteiger partial charge on any atom is -0.464 e. The van der Waals surface area contributed by atoms with E-state index in [0.717, 1.165) is 25.3 Å². The molecule has 0 saturated heterocycles. The Morgan fingerprint density at radius 1 is 1.30 bits per heavy atom. The number of nitrogen functional groups attached to an aromatic ring is 1. The molecule has 11 heteroatoms. The quantitative estimate of drug-likeness (QED) is 0.364. The molecule has 2 aromatic carbocycles. The second kappa shape index (κ2) is 8.10. The van der Waals surface area contributed by atoms with Crippen LogP contribution >= 0.6 is 11.6 Å². The molecule has 0 aliphatic carbocycles. The predicted octanol–water partition coefficient (Wildman–Crippen LogP) is 4.21. The lowest BCUT2D eigenvalue weighted by Crippen LogP contribution is -2.11. The maximum Gasteiger partial charge on any atom is 0.357 e. The number of nitro benzene ring substituents is 1. The maximum absolute atomic E-state index is 13.4. The molecule has 1 aromatic heterocycles. The molecule has 0 atom stereocenters. The van der Waals surface area contributed by atoms with Crippen molar-refractivity contribution >= 4 is 28.9 Å². The van der Waals surface area contributed by atoms with Gasteiger partial charge in [-0.2, -0.15) is 5.26 Å². The average molecular weight is 431 g/mol. The first kappa shape index (κ1) is 20.6. The van der Waals surface area contributed by atoms with Gasteiger partial charge in [-0.1, -0.05) is 11.6 Å². The number of nitriles is 1. The molecule has 0 amide bonds. The zero-order valence-electron chi connectivity index (χ0n) is 15.3. The SMILES string of the molecule is COC(=O)c1c(N)c(C#N)cn1-c1cc(Oc2ccc(F)c(Cl)c2)cc([N+](=O)[O-])c1. The number of nitro groups is 1. The molecule has 3 aromatic rings. The number of halogens is 2. The van der Waals surface area contributed by atoms with E-state index < -0.39 is 16.7 Å². The van der Waals surface area contributed by atoms with E-state index in [9.17, 15) is 24.6 Å². The number of anilines is 1. The predicted molar refractivity (Wildman–Crippen MR) is 104 cm³/mol. The molecule has 3 rings (SSSR count). The van der Waals surface area contributed by atoms with Crippen molar-refractivity contribution in [2.24, 2.45) is 0 Å². The van der Waals surface area contributed by atoms with Crippen molar-refractivity contribution in [3.8, 4) is 23.3 Å². The number of aromatic nitrogens is 1. The molecular formula is C19H12ClFN4O5. The van der Waals surface area contributed by atoms with Crippen LogP contribution in [0.15, 0.2) is 42.6 Å². The number of benzene rings is 2. The van der Waals surface area contributed by atoms with Crippen molar-refractivity contribution < 1.29 is 23.6 Å². The minimum absolute atomic E-state index is 0.00321. The lowest BCUT2D eigenvalue weighted by molar-refractivity contribution is -0.384. The van der Waals surface area contributed by atoms with E-state index in [1.807, 2.05) is 6.07 Å². The van der Waals surface area contributed by atoms with Crippen molar-refractivity contribution in [1.29, 1.82) is 5.26 Å². The number of hydrogen-bond donors (Lipinski definition) is 1. The molecule has 1 heterocycles. The highest BCUT2D eigenvalue weighted by molar-refractivity contribution is 6.30. The van der Waals surface area contributed by atoms with Gasteiger partial charge in [-0.05, 0) is 12.1 Å². The summed E-state index contributed by atoms with van der Waals surface area (Å²) in [7, 11) is 1.13. The molecule has 0 saturated carbocycles. The summed E-state index contributed by atoms with van der Waals surface area (Å²) in [4.78, 5) is 22.9. The molecule has 9 nitrogen and oxygen atoms in total. The van der Waals surface area contributed by atoms with E-state index in [1.54, 1.807) is 0 Å². The smallest absolute Gasteiger partial charge is 0.357 e. The highest BCUT2D eigenvalue weighted by atomic mass is 35.5. The van der Waals surface area contributed by atoms with Gasteiger partial charge in [-0.15, -0.1) is 0 Å². The lowest BCUT2D eigenvalue weighted by Gasteiger charge is -2.11. The van der Waals surface area contributed by atoms with Crippen LogP contribution in [0.4, 0.5) is 15.8 Å². The lowest BCUT2D eigenvalue weighted by atomic mass is 10.2. The van der Waals surface area contributed by atoms with Gasteiger partial charge >= 0.3 is 5.97 Å². The monoisotopic (exact) mass is 430 g/mol. The van der Waals surface area contributed by atoms with Crippen LogP contribution in [0.25, 0.3) is 5.69 Å². The highest BCUT2D eigenvalue weighted by Gasteiger charge is 2.23. The Hall–Kier alpha value is -4.10. The van der Waals surface area contributed by atoms with Crippen molar-refractivity contribution in [3.05, 3.63) is 74.8 Å². The maximum atomic E-state index is 13.4. The van der Waals surface area contributed by atoms with Crippen molar-refractivity contribution in [3.63, 3.8) is 0 Å². The van der Waals surface area contributed by atoms with E-state index in [4.69, 9.17) is 26.8 Å². The zero-order chi connectivity index (χ0) is 22.0. The Morgan fingerprint density at radius 3 is 2.63 bits per heavy atom. The summed E-state index contributed by atoms with van der Waals surface area (Å²) >= 11 is 5.73. The van der Waals surface area contributed by atoms with Crippen LogP contribution in [-0.4, -0.2) is 22.6 Å². The van der Waals surface area contributed by atoms with E-state index in [2.05, 4.69) is 0 Å². The van der Waals surface area contributed by atoms with Crippen LogP contribution < -0.4 is 10.5 Å². The molecule has 0 aliphatic rings. The van der Waals surface area contributed by atoms with E-state index in [-0.39, 0.29) is 44.8 Å². The Bertz CT molecular complexity index is 1220. The van der Waals surface area contributed by atoms with E-state index >= 15 is 0 Å². The molecular weight excluding hydrogens is 419 g/mol. The van der Waals surface area contributed by atoms with Gasteiger partial charge in [-0.25, -0.2) is 9.18 Å². The Morgan fingerprint density at radius 2 is 2.03 bits per heavy atom. The van der Waals surface area contributed by atoms with Crippen LogP contribution in [0.3, 0.4) is 0 Å². The number of carbonyl (C=O) groups excluding carboxylic acids is 1. The number of hydrogen-bond acceptors (Lipinski definition) is 7. The summed E-state index contributed by atoms with van der Waals surface area (Å²) in [6, 6.07) is 9.09. The molecule has 30 heavy (non-hydrogen) atoms. The molecule has 0 spiro atoms. The first-order valence-corrected chi connectivity index (χ1v) is 8.55. The van der Waals surface area contributed by atoms with Gasteiger partial charge in [-0.3, -0.25) is 10.1 Å². The van der Waals surface area contributed by atoms with Crippen LogP contribution in [0.1, 0.15) is 16.1 Å². The van der Waals surface area contributed by atoms with Crippen molar-refractivity contribution in [2.45, 2.75) is 0 Å². The Kier molecular flexibility index (Phi) is 5.57. The van der Waals surface area contributed by atoms with Crippen LogP contribution in [0.5, 0.6) is 11.5 Å². The number of nitrogens with zero attached hydrogens (tertiary/aromatic N) is 3. The van der Waals surface area contributed by atoms with E-state index in [1.165, 1.54) is 29.0 Å². The normalized spacial score (nSPS) is 10.3. The first-order valence-electron chi connectivity index (χ1n) is 8.17. The summed E-state index contributed by atoms with van der Waals surface area (Å²) < 4.78 is 24.8. The van der Waals surface area contributed by atoms with Crippen molar-refractivity contribution in [2.75, 3.05) is 12.8 Å². The molecule has 0 bridgehead atoms. The van der Waals surface area contributed by atoms with Gasteiger partial charge in [0.15, 0.2) is 5.69 Å². The molecule has 0 unspecified atom stereocenters. The summed E-state index contributed by atoms with van der Waals surface area (Å²) in [5.74, 6) is -1.36. The number of methoxy groups -OCH3 is 1. The third-order valence-electron chi connectivity index (χ3n) is 4.04. The number of carbonyl (C=O) groups is 1. The first-order chi connectivity index (χ1) is 14.2. The number of rotatable bonds is 5. The van der Waals surface area contributed by atoms with Gasteiger partial charge in [0.2, 0.25) is 0 Å². The third-order valence-corrected chi connectivity index (χ3v) is 4.33. The summed E-state index contributed by atoms with van der Waals surface area (Å²) in [6.07, 6.45) is 1.25. The summed E-state index contributed by atoms with van der Waals surface area (Å²) in [5, 5.41) is 20.4. The standard InChI is InChI=1S/C19H12ClFN4O5/c1-29-19(26)18-17(23)10(8-22)9-24(18)11-4-12(25(27)28)6-14(5-11)30-13-2-3-16(21)15(20)7-13/h2-7,9H,23H2,1H3. The largest absolute Gasteiger partial charge is 0.464 e. The van der Waals surface area contributed by atoms with Gasteiger partial charge in [0.1, 0.15) is 23.4 Å². The summed E-state index contributed by atoms with van der Waals surface area (Å²) in [5.41, 5.74) is 5.28. The van der Waals surface area contributed by atoms with Gasteiger partial charge < -0.3 is 19.8 Å². The summed E-state index contributed by atoms with van der Waals surface area (Å²) in [6.45, 7) is 0. The zero-order valence-corrected chi connectivity index (χ0v) is 16.0. The fourth-order valence-corrected chi connectivity index (χ4v) is 2.84. The second-order valence-electron chi connectivity index (χ2n) is 5.90. The molecule has 152 valence electrons. The molecule has 0 radical (unpaired) electrons. The minimum atomic E-state index is -0.840. The topological polar surface area (TPSA) is 133 Å². The van der Waals surface area contributed by atoms with E-state index in [0.29, 0.717) is 0 Å².